The number of carbonyl (C=O) groups excluding carboxylic acids is 1. The molecule has 1 heterocycles. The first-order valence-corrected chi connectivity index (χ1v) is 7.26. The Kier molecular flexibility index (Phi) is 5.22. The number of esters is 1. The van der Waals surface area contributed by atoms with Crippen LogP contribution < -0.4 is 5.32 Å². The molecule has 0 bridgehead atoms. The summed E-state index contributed by atoms with van der Waals surface area (Å²) in [5.41, 5.74) is 0.910. The predicted octanol–water partition coefficient (Wildman–Crippen LogP) is 2.83. The molecular weight excluding hydrogens is 310 g/mol. The van der Waals surface area contributed by atoms with Gasteiger partial charge in [0.2, 0.25) is 0 Å². The lowest BCUT2D eigenvalue weighted by molar-refractivity contribution is -0.145. The van der Waals surface area contributed by atoms with E-state index in [1.807, 2.05) is 31.2 Å². The van der Waals surface area contributed by atoms with Gasteiger partial charge in [-0.15, -0.1) is 0 Å². The minimum Gasteiger partial charge on any atom is -0.464 e. The van der Waals surface area contributed by atoms with Crippen LogP contribution in [0.15, 0.2) is 28.7 Å². The van der Waals surface area contributed by atoms with Gasteiger partial charge in [0.1, 0.15) is 6.04 Å². The molecule has 1 aromatic carbocycles. The van der Waals surface area contributed by atoms with E-state index in [1.165, 1.54) is 0 Å². The quantitative estimate of drug-likeness (QED) is 0.845. The van der Waals surface area contributed by atoms with Gasteiger partial charge in [-0.3, -0.25) is 0 Å². The van der Waals surface area contributed by atoms with E-state index in [9.17, 15) is 4.79 Å². The Morgan fingerprint density at radius 2 is 2.26 bits per heavy atom. The number of hydrogen-bond donors (Lipinski definition) is 1. The highest BCUT2D eigenvalue weighted by atomic mass is 79.9. The fourth-order valence-electron chi connectivity index (χ4n) is 2.14. The van der Waals surface area contributed by atoms with Crippen molar-refractivity contribution in [3.05, 3.63) is 28.7 Å². The van der Waals surface area contributed by atoms with Crippen molar-refractivity contribution in [2.75, 3.05) is 25.1 Å². The molecule has 0 aliphatic carbocycles. The van der Waals surface area contributed by atoms with Crippen molar-refractivity contribution in [2.45, 2.75) is 19.4 Å². The molecule has 0 aromatic heterocycles. The van der Waals surface area contributed by atoms with E-state index in [-0.39, 0.29) is 17.9 Å². The topological polar surface area (TPSA) is 47.6 Å². The third-order valence-corrected chi connectivity index (χ3v) is 3.67. The fourth-order valence-corrected chi connectivity index (χ4v) is 2.41. The zero-order valence-corrected chi connectivity index (χ0v) is 12.5. The van der Waals surface area contributed by atoms with Crippen LogP contribution in [0.4, 0.5) is 5.69 Å². The van der Waals surface area contributed by atoms with Crippen molar-refractivity contribution >= 4 is 27.6 Å². The Morgan fingerprint density at radius 1 is 1.53 bits per heavy atom. The second kappa shape index (κ2) is 6.91. The van der Waals surface area contributed by atoms with Crippen molar-refractivity contribution in [1.82, 2.24) is 0 Å². The van der Waals surface area contributed by atoms with Gasteiger partial charge in [0, 0.05) is 22.7 Å². The first-order valence-electron chi connectivity index (χ1n) is 6.47. The number of hydrogen-bond acceptors (Lipinski definition) is 4. The Morgan fingerprint density at radius 3 is 2.84 bits per heavy atom. The molecule has 0 radical (unpaired) electrons. The maximum absolute atomic E-state index is 12.1. The Hall–Kier alpha value is -1.07. The number of rotatable bonds is 5. The standard InChI is InChI=1S/C14H18BrNO3/c1-2-19-14(17)13(10-7-8-18-9-10)16-12-5-3-11(15)4-6-12/h3-6,10,13,16H,2,7-9H2,1H3. The highest BCUT2D eigenvalue weighted by molar-refractivity contribution is 9.10. The monoisotopic (exact) mass is 327 g/mol. The third kappa shape index (κ3) is 3.94. The summed E-state index contributed by atoms with van der Waals surface area (Å²) in [5, 5.41) is 3.26. The number of nitrogens with one attached hydrogen (secondary N) is 1. The molecule has 1 fully saturated rings. The van der Waals surface area contributed by atoms with Gasteiger partial charge in [-0.05, 0) is 37.6 Å². The minimum absolute atomic E-state index is 0.169. The van der Waals surface area contributed by atoms with E-state index < -0.39 is 0 Å². The average Bonchev–Trinajstić information content (AvgIpc) is 2.92. The van der Waals surface area contributed by atoms with Gasteiger partial charge in [0.15, 0.2) is 0 Å². The van der Waals surface area contributed by atoms with Gasteiger partial charge < -0.3 is 14.8 Å². The normalized spacial score (nSPS) is 20.0. The van der Waals surface area contributed by atoms with E-state index in [0.717, 1.165) is 16.6 Å². The highest BCUT2D eigenvalue weighted by Crippen LogP contribution is 2.22. The molecule has 2 atom stereocenters. The summed E-state index contributed by atoms with van der Waals surface area (Å²) in [6, 6.07) is 7.41. The van der Waals surface area contributed by atoms with E-state index in [2.05, 4.69) is 21.2 Å². The van der Waals surface area contributed by atoms with Gasteiger partial charge in [-0.25, -0.2) is 4.79 Å². The van der Waals surface area contributed by atoms with Gasteiger partial charge in [0.25, 0.3) is 0 Å². The average molecular weight is 328 g/mol. The Balaban J connectivity index is 2.08. The molecule has 0 spiro atoms. The largest absolute Gasteiger partial charge is 0.464 e. The summed E-state index contributed by atoms with van der Waals surface area (Å²) < 4.78 is 11.5. The molecule has 2 unspecified atom stereocenters. The van der Waals surface area contributed by atoms with Crippen molar-refractivity contribution in [2.24, 2.45) is 5.92 Å². The van der Waals surface area contributed by atoms with E-state index in [4.69, 9.17) is 9.47 Å². The molecule has 104 valence electrons. The Bertz CT molecular complexity index is 415. The van der Waals surface area contributed by atoms with Crippen LogP contribution in [-0.4, -0.2) is 31.8 Å². The lowest BCUT2D eigenvalue weighted by Gasteiger charge is -2.23. The molecule has 0 saturated carbocycles. The number of carbonyl (C=O) groups is 1. The molecule has 1 aliphatic rings. The van der Waals surface area contributed by atoms with E-state index in [1.54, 1.807) is 0 Å². The lowest BCUT2D eigenvalue weighted by atomic mass is 9.98. The summed E-state index contributed by atoms with van der Waals surface area (Å²) in [4.78, 5) is 12.1. The molecule has 1 saturated heterocycles. The van der Waals surface area contributed by atoms with Crippen molar-refractivity contribution < 1.29 is 14.3 Å². The molecule has 5 heteroatoms. The molecule has 4 nitrogen and oxygen atoms in total. The van der Waals surface area contributed by atoms with Crippen LogP contribution in [0, 0.1) is 5.92 Å². The van der Waals surface area contributed by atoms with Gasteiger partial charge in [-0.1, -0.05) is 15.9 Å². The van der Waals surface area contributed by atoms with Crippen LogP contribution in [-0.2, 0) is 14.3 Å². The third-order valence-electron chi connectivity index (χ3n) is 3.14. The molecule has 1 aliphatic heterocycles. The number of halogens is 1. The summed E-state index contributed by atoms with van der Waals surface area (Å²) in [6.07, 6.45) is 0.882. The summed E-state index contributed by atoms with van der Waals surface area (Å²) in [5.74, 6) is -0.0383. The highest BCUT2D eigenvalue weighted by Gasteiger charge is 2.32. The second-order valence-electron chi connectivity index (χ2n) is 4.50. The molecule has 1 aromatic rings. The van der Waals surface area contributed by atoms with Crippen LogP contribution in [0.25, 0.3) is 0 Å². The van der Waals surface area contributed by atoms with E-state index in [0.29, 0.717) is 19.8 Å². The van der Waals surface area contributed by atoms with Crippen molar-refractivity contribution in [3.63, 3.8) is 0 Å². The van der Waals surface area contributed by atoms with Gasteiger partial charge in [0.05, 0.1) is 13.2 Å². The molecule has 1 N–H and O–H groups in total. The van der Waals surface area contributed by atoms with Crippen molar-refractivity contribution in [1.29, 1.82) is 0 Å². The number of benzene rings is 1. The van der Waals surface area contributed by atoms with Crippen LogP contribution in [0.2, 0.25) is 0 Å². The van der Waals surface area contributed by atoms with Crippen molar-refractivity contribution in [3.8, 4) is 0 Å². The SMILES string of the molecule is CCOC(=O)C(Nc1ccc(Br)cc1)C1CCOC1. The lowest BCUT2D eigenvalue weighted by Crippen LogP contribution is -2.38. The smallest absolute Gasteiger partial charge is 0.328 e. The Labute approximate surface area is 121 Å². The fraction of sp³-hybridized carbons (Fsp3) is 0.500. The summed E-state index contributed by atoms with van der Waals surface area (Å²) in [7, 11) is 0. The van der Waals surface area contributed by atoms with E-state index >= 15 is 0 Å². The van der Waals surface area contributed by atoms with Gasteiger partial charge in [-0.2, -0.15) is 0 Å². The maximum atomic E-state index is 12.1. The van der Waals surface area contributed by atoms with Crippen LogP contribution in [0.1, 0.15) is 13.3 Å². The zero-order valence-electron chi connectivity index (χ0n) is 10.9. The number of anilines is 1. The number of ether oxygens (including phenoxy) is 2. The molecular formula is C14H18BrNO3. The summed E-state index contributed by atoms with van der Waals surface area (Å²) in [6.45, 7) is 3.53. The molecule has 19 heavy (non-hydrogen) atoms. The summed E-state index contributed by atoms with van der Waals surface area (Å²) >= 11 is 3.39. The maximum Gasteiger partial charge on any atom is 0.328 e. The first kappa shape index (κ1) is 14.3. The minimum atomic E-state index is -0.344. The first-order chi connectivity index (χ1) is 9.20. The van der Waals surface area contributed by atoms with Crippen LogP contribution in [0.3, 0.4) is 0 Å². The predicted molar refractivity (Wildman–Crippen MR) is 77.1 cm³/mol. The second-order valence-corrected chi connectivity index (χ2v) is 5.42. The van der Waals surface area contributed by atoms with Gasteiger partial charge >= 0.3 is 5.97 Å². The zero-order chi connectivity index (χ0) is 13.7. The van der Waals surface area contributed by atoms with Crippen LogP contribution in [0.5, 0.6) is 0 Å². The van der Waals surface area contributed by atoms with Crippen LogP contribution >= 0.6 is 15.9 Å². The molecule has 0 amide bonds. The molecule has 2 rings (SSSR count).